The first kappa shape index (κ1) is 12.8. The van der Waals surface area contributed by atoms with Crippen molar-refractivity contribution < 1.29 is 9.50 Å². The zero-order chi connectivity index (χ0) is 13.1. The first-order chi connectivity index (χ1) is 8.56. The summed E-state index contributed by atoms with van der Waals surface area (Å²) in [7, 11) is 0. The van der Waals surface area contributed by atoms with Gasteiger partial charge in [0.05, 0.1) is 12.3 Å². The molecule has 2 aromatic rings. The molecule has 1 unspecified atom stereocenters. The van der Waals surface area contributed by atoms with Gasteiger partial charge in [-0.15, -0.1) is 0 Å². The van der Waals surface area contributed by atoms with Crippen molar-refractivity contribution in [2.45, 2.75) is 26.5 Å². The normalized spacial score (nSPS) is 12.9. The minimum absolute atomic E-state index is 0.177. The lowest BCUT2D eigenvalue weighted by Crippen LogP contribution is -2.04. The largest absolute Gasteiger partial charge is 0.388 e. The van der Waals surface area contributed by atoms with Gasteiger partial charge in [-0.25, -0.2) is 4.39 Å². The summed E-state index contributed by atoms with van der Waals surface area (Å²) in [4.78, 5) is 3.81. The zero-order valence-corrected chi connectivity index (χ0v) is 10.5. The van der Waals surface area contributed by atoms with Crippen LogP contribution in [0.4, 0.5) is 4.39 Å². The van der Waals surface area contributed by atoms with E-state index in [0.29, 0.717) is 6.54 Å². The van der Waals surface area contributed by atoms with E-state index in [9.17, 15) is 9.50 Å². The predicted molar refractivity (Wildman–Crippen MR) is 67.5 cm³/mol. The molecule has 0 radical (unpaired) electrons. The van der Waals surface area contributed by atoms with Crippen LogP contribution in [-0.2, 0) is 6.54 Å². The number of nitrogens with zero attached hydrogens (tertiary/aromatic N) is 2. The first-order valence-corrected chi connectivity index (χ1v) is 5.99. The van der Waals surface area contributed by atoms with Gasteiger partial charge in [0.15, 0.2) is 0 Å². The molecule has 0 saturated carbocycles. The summed E-state index contributed by atoms with van der Waals surface area (Å²) in [6.07, 6.45) is 6.13. The number of aromatic nitrogens is 2. The Labute approximate surface area is 106 Å². The van der Waals surface area contributed by atoms with Gasteiger partial charge in [0.25, 0.3) is 0 Å². The van der Waals surface area contributed by atoms with Crippen LogP contribution < -0.4 is 0 Å². The fourth-order valence-electron chi connectivity index (χ4n) is 1.87. The van der Waals surface area contributed by atoms with Crippen molar-refractivity contribution in [3.8, 4) is 0 Å². The Morgan fingerprint density at radius 2 is 2.17 bits per heavy atom. The maximum absolute atomic E-state index is 13.0. The number of hydrogen-bond donors (Lipinski definition) is 1. The van der Waals surface area contributed by atoms with Crippen molar-refractivity contribution in [2.24, 2.45) is 5.92 Å². The molecule has 0 amide bonds. The predicted octanol–water partition coefficient (Wildman–Crippen LogP) is 2.76. The van der Waals surface area contributed by atoms with Crippen LogP contribution in [0.15, 0.2) is 36.9 Å². The summed E-state index contributed by atoms with van der Waals surface area (Å²) in [5.74, 6) is -0.154. The lowest BCUT2D eigenvalue weighted by Gasteiger charge is -2.12. The Hall–Kier alpha value is -1.68. The lowest BCUT2D eigenvalue weighted by molar-refractivity contribution is 0.127. The molecule has 1 N–H and O–H groups in total. The van der Waals surface area contributed by atoms with Crippen LogP contribution in [0.1, 0.15) is 31.1 Å². The van der Waals surface area contributed by atoms with E-state index in [0.717, 1.165) is 11.1 Å². The second-order valence-corrected chi connectivity index (χ2v) is 4.82. The highest BCUT2D eigenvalue weighted by Gasteiger charge is 2.13. The van der Waals surface area contributed by atoms with Gasteiger partial charge in [-0.1, -0.05) is 13.8 Å². The van der Waals surface area contributed by atoms with Gasteiger partial charge in [-0.3, -0.25) is 4.98 Å². The van der Waals surface area contributed by atoms with Crippen molar-refractivity contribution in [2.75, 3.05) is 0 Å². The Bertz CT molecular complexity index is 522. The van der Waals surface area contributed by atoms with Crippen molar-refractivity contribution in [1.82, 2.24) is 9.55 Å². The smallest absolute Gasteiger partial charge is 0.141 e. The van der Waals surface area contributed by atoms with Crippen molar-refractivity contribution in [1.29, 1.82) is 0 Å². The molecule has 0 saturated heterocycles. The minimum Gasteiger partial charge on any atom is -0.388 e. The highest BCUT2D eigenvalue weighted by atomic mass is 19.1. The molecular weight excluding hydrogens is 231 g/mol. The molecule has 0 aromatic carbocycles. The van der Waals surface area contributed by atoms with E-state index < -0.39 is 6.10 Å². The number of halogens is 1. The monoisotopic (exact) mass is 248 g/mol. The van der Waals surface area contributed by atoms with Gasteiger partial charge in [-0.05, 0) is 29.2 Å². The number of hydrogen-bond acceptors (Lipinski definition) is 2. The molecule has 0 fully saturated rings. The standard InChI is InChI=1S/C14H17FN2O/c1-10(2)14(18)12-3-4-17(9-12)8-11-5-13(15)7-16-6-11/h3-7,9-10,14,18H,8H2,1-2H3. The molecule has 0 aliphatic rings. The molecule has 1 atom stereocenters. The summed E-state index contributed by atoms with van der Waals surface area (Å²) in [5, 5.41) is 9.94. The highest BCUT2D eigenvalue weighted by Crippen LogP contribution is 2.21. The number of aliphatic hydroxyl groups is 1. The summed E-state index contributed by atoms with van der Waals surface area (Å²) < 4.78 is 14.9. The SMILES string of the molecule is CC(C)C(O)c1ccn(Cc2cncc(F)c2)c1. The van der Waals surface area contributed by atoms with E-state index >= 15 is 0 Å². The Kier molecular flexibility index (Phi) is 3.77. The van der Waals surface area contributed by atoms with Crippen LogP contribution in [0.25, 0.3) is 0 Å². The minimum atomic E-state index is -0.461. The van der Waals surface area contributed by atoms with Crippen LogP contribution in [0.2, 0.25) is 0 Å². The van der Waals surface area contributed by atoms with E-state index in [2.05, 4.69) is 4.98 Å². The van der Waals surface area contributed by atoms with Gasteiger partial charge in [-0.2, -0.15) is 0 Å². The lowest BCUT2D eigenvalue weighted by atomic mass is 10.0. The van der Waals surface area contributed by atoms with Crippen LogP contribution in [-0.4, -0.2) is 14.7 Å². The highest BCUT2D eigenvalue weighted by molar-refractivity contribution is 5.17. The van der Waals surface area contributed by atoms with E-state index in [1.807, 2.05) is 36.9 Å². The van der Waals surface area contributed by atoms with Gasteiger partial charge in [0.2, 0.25) is 0 Å². The molecule has 4 heteroatoms. The first-order valence-electron chi connectivity index (χ1n) is 5.99. The van der Waals surface area contributed by atoms with Crippen LogP contribution in [0.3, 0.4) is 0 Å². The quantitative estimate of drug-likeness (QED) is 0.903. The van der Waals surface area contributed by atoms with Crippen LogP contribution in [0, 0.1) is 11.7 Å². The van der Waals surface area contributed by atoms with Crippen LogP contribution >= 0.6 is 0 Å². The molecule has 96 valence electrons. The fourth-order valence-corrected chi connectivity index (χ4v) is 1.87. The van der Waals surface area contributed by atoms with Gasteiger partial charge >= 0.3 is 0 Å². The molecule has 0 aliphatic carbocycles. The average Bonchev–Trinajstić information content (AvgIpc) is 2.76. The summed E-state index contributed by atoms with van der Waals surface area (Å²) in [5.41, 5.74) is 1.69. The molecule has 2 rings (SSSR count). The third kappa shape index (κ3) is 2.96. The topological polar surface area (TPSA) is 38.0 Å². The molecule has 0 aliphatic heterocycles. The van der Waals surface area contributed by atoms with E-state index in [1.54, 1.807) is 6.20 Å². The van der Waals surface area contributed by atoms with Crippen molar-refractivity contribution in [3.63, 3.8) is 0 Å². The van der Waals surface area contributed by atoms with Crippen molar-refractivity contribution >= 4 is 0 Å². The Morgan fingerprint density at radius 3 is 2.83 bits per heavy atom. The van der Waals surface area contributed by atoms with E-state index in [-0.39, 0.29) is 11.7 Å². The van der Waals surface area contributed by atoms with Gasteiger partial charge < -0.3 is 9.67 Å². The van der Waals surface area contributed by atoms with E-state index in [1.165, 1.54) is 12.3 Å². The van der Waals surface area contributed by atoms with Crippen LogP contribution in [0.5, 0.6) is 0 Å². The number of aliphatic hydroxyl groups excluding tert-OH is 1. The molecule has 2 heterocycles. The number of rotatable bonds is 4. The fraction of sp³-hybridized carbons (Fsp3) is 0.357. The third-order valence-electron chi connectivity index (χ3n) is 2.87. The number of pyridine rings is 1. The maximum Gasteiger partial charge on any atom is 0.141 e. The summed E-state index contributed by atoms with van der Waals surface area (Å²) in [6.45, 7) is 4.49. The summed E-state index contributed by atoms with van der Waals surface area (Å²) >= 11 is 0. The summed E-state index contributed by atoms with van der Waals surface area (Å²) in [6, 6.07) is 3.35. The molecule has 0 bridgehead atoms. The molecule has 2 aromatic heterocycles. The zero-order valence-electron chi connectivity index (χ0n) is 10.5. The Morgan fingerprint density at radius 1 is 1.39 bits per heavy atom. The van der Waals surface area contributed by atoms with Crippen molar-refractivity contribution in [3.05, 3.63) is 53.9 Å². The van der Waals surface area contributed by atoms with Gasteiger partial charge in [0.1, 0.15) is 5.82 Å². The average molecular weight is 248 g/mol. The second-order valence-electron chi connectivity index (χ2n) is 4.82. The molecule has 3 nitrogen and oxygen atoms in total. The second kappa shape index (κ2) is 5.31. The molecular formula is C14H17FN2O. The maximum atomic E-state index is 13.0. The van der Waals surface area contributed by atoms with E-state index in [4.69, 9.17) is 0 Å². The molecule has 18 heavy (non-hydrogen) atoms. The van der Waals surface area contributed by atoms with Gasteiger partial charge in [0, 0.05) is 25.1 Å². The molecule has 0 spiro atoms. The Balaban J connectivity index is 2.11. The third-order valence-corrected chi connectivity index (χ3v) is 2.87.